The van der Waals surface area contributed by atoms with E-state index in [1.54, 1.807) is 24.8 Å². The van der Waals surface area contributed by atoms with Crippen LogP contribution in [0, 0.1) is 5.82 Å². The molecule has 1 aromatic rings. The standard InChI is InChI=1S/C12H17FOS/c1-3-4-7-15-12-6-5-10(13)8-11(12)9(2)14/h5-6,8-9,14H,3-4,7H2,1-2H3/t9-/m1/s1. The third-order valence-corrected chi connectivity index (χ3v) is 3.35. The molecule has 0 heterocycles. The summed E-state index contributed by atoms with van der Waals surface area (Å²) in [7, 11) is 0. The lowest BCUT2D eigenvalue weighted by Gasteiger charge is -2.11. The summed E-state index contributed by atoms with van der Waals surface area (Å²) in [6.07, 6.45) is 1.68. The SMILES string of the molecule is CCCCSc1ccc(F)cc1[C@@H](C)O. The van der Waals surface area contributed by atoms with Crippen LogP contribution in [0.4, 0.5) is 4.39 Å². The summed E-state index contributed by atoms with van der Waals surface area (Å²) in [5.74, 6) is 0.729. The molecular weight excluding hydrogens is 211 g/mol. The summed E-state index contributed by atoms with van der Waals surface area (Å²) >= 11 is 1.68. The second-order valence-electron chi connectivity index (χ2n) is 3.56. The second-order valence-corrected chi connectivity index (χ2v) is 4.70. The highest BCUT2D eigenvalue weighted by Gasteiger charge is 2.09. The number of aliphatic hydroxyl groups is 1. The van der Waals surface area contributed by atoms with Gasteiger partial charge in [0, 0.05) is 4.90 Å². The minimum absolute atomic E-state index is 0.286. The molecule has 0 spiro atoms. The Hall–Kier alpha value is -0.540. The number of thioether (sulfide) groups is 1. The first kappa shape index (κ1) is 12.5. The number of benzene rings is 1. The number of aliphatic hydroxyl groups excluding tert-OH is 1. The molecule has 3 heteroatoms. The van der Waals surface area contributed by atoms with Gasteiger partial charge in [0.15, 0.2) is 0 Å². The average Bonchev–Trinajstić information content (AvgIpc) is 2.20. The molecule has 0 aliphatic carbocycles. The highest BCUT2D eigenvalue weighted by molar-refractivity contribution is 7.99. The first-order chi connectivity index (χ1) is 7.15. The van der Waals surface area contributed by atoms with Crippen molar-refractivity contribution in [3.8, 4) is 0 Å². The van der Waals surface area contributed by atoms with E-state index < -0.39 is 6.10 Å². The Morgan fingerprint density at radius 1 is 1.47 bits per heavy atom. The van der Waals surface area contributed by atoms with E-state index in [0.29, 0.717) is 5.56 Å². The highest BCUT2D eigenvalue weighted by atomic mass is 32.2. The first-order valence-corrected chi connectivity index (χ1v) is 6.24. The number of unbranched alkanes of at least 4 members (excludes halogenated alkanes) is 1. The van der Waals surface area contributed by atoms with Crippen LogP contribution in [0.25, 0.3) is 0 Å². The van der Waals surface area contributed by atoms with E-state index in [-0.39, 0.29) is 5.82 Å². The smallest absolute Gasteiger partial charge is 0.123 e. The molecule has 0 saturated heterocycles. The fraction of sp³-hybridized carbons (Fsp3) is 0.500. The maximum atomic E-state index is 13.0. The molecule has 1 nitrogen and oxygen atoms in total. The van der Waals surface area contributed by atoms with E-state index in [0.717, 1.165) is 23.5 Å². The third kappa shape index (κ3) is 3.84. The van der Waals surface area contributed by atoms with Crippen molar-refractivity contribution in [3.63, 3.8) is 0 Å². The first-order valence-electron chi connectivity index (χ1n) is 5.25. The Balaban J connectivity index is 2.77. The topological polar surface area (TPSA) is 20.2 Å². The van der Waals surface area contributed by atoms with Gasteiger partial charge in [-0.05, 0) is 42.9 Å². The molecule has 0 bridgehead atoms. The fourth-order valence-corrected chi connectivity index (χ4v) is 2.52. The molecule has 0 aliphatic heterocycles. The highest BCUT2D eigenvalue weighted by Crippen LogP contribution is 2.28. The van der Waals surface area contributed by atoms with Crippen molar-refractivity contribution in [2.24, 2.45) is 0 Å². The van der Waals surface area contributed by atoms with Crippen LogP contribution in [-0.2, 0) is 0 Å². The van der Waals surface area contributed by atoms with Crippen LogP contribution in [0.1, 0.15) is 38.4 Å². The summed E-state index contributed by atoms with van der Waals surface area (Å²) in [6.45, 7) is 3.81. The molecule has 84 valence electrons. The van der Waals surface area contributed by atoms with Gasteiger partial charge in [-0.3, -0.25) is 0 Å². The van der Waals surface area contributed by atoms with E-state index in [2.05, 4.69) is 6.92 Å². The van der Waals surface area contributed by atoms with E-state index >= 15 is 0 Å². The maximum Gasteiger partial charge on any atom is 0.123 e. The predicted molar refractivity (Wildman–Crippen MR) is 62.7 cm³/mol. The lowest BCUT2D eigenvalue weighted by Crippen LogP contribution is -1.95. The van der Waals surface area contributed by atoms with Crippen molar-refractivity contribution in [1.29, 1.82) is 0 Å². The van der Waals surface area contributed by atoms with Crippen LogP contribution in [0.15, 0.2) is 23.1 Å². The quantitative estimate of drug-likeness (QED) is 0.611. The fourth-order valence-electron chi connectivity index (χ4n) is 1.30. The van der Waals surface area contributed by atoms with Gasteiger partial charge in [-0.25, -0.2) is 4.39 Å². The molecule has 1 N–H and O–H groups in total. The Morgan fingerprint density at radius 2 is 2.20 bits per heavy atom. The molecule has 0 amide bonds. The Labute approximate surface area is 94.7 Å². The molecule has 0 fully saturated rings. The maximum absolute atomic E-state index is 13.0. The Kier molecular flexibility index (Phi) is 5.12. The van der Waals surface area contributed by atoms with Gasteiger partial charge >= 0.3 is 0 Å². The van der Waals surface area contributed by atoms with Gasteiger partial charge < -0.3 is 5.11 Å². The second kappa shape index (κ2) is 6.13. The zero-order valence-electron chi connectivity index (χ0n) is 9.16. The molecule has 0 saturated carbocycles. The third-order valence-electron chi connectivity index (χ3n) is 2.18. The normalized spacial score (nSPS) is 12.8. The van der Waals surface area contributed by atoms with Crippen molar-refractivity contribution >= 4 is 11.8 Å². The molecule has 0 aromatic heterocycles. The molecule has 1 aromatic carbocycles. The van der Waals surface area contributed by atoms with E-state index in [9.17, 15) is 9.50 Å². The van der Waals surface area contributed by atoms with Gasteiger partial charge in [0.2, 0.25) is 0 Å². The molecule has 0 aliphatic rings. The zero-order valence-corrected chi connectivity index (χ0v) is 9.98. The van der Waals surface area contributed by atoms with Gasteiger partial charge in [-0.15, -0.1) is 11.8 Å². The Morgan fingerprint density at radius 3 is 2.80 bits per heavy atom. The van der Waals surface area contributed by atoms with Gasteiger partial charge in [0.05, 0.1) is 6.10 Å². The molecule has 15 heavy (non-hydrogen) atoms. The number of hydrogen-bond donors (Lipinski definition) is 1. The van der Waals surface area contributed by atoms with Crippen LogP contribution in [0.2, 0.25) is 0 Å². The van der Waals surface area contributed by atoms with Gasteiger partial charge in [-0.1, -0.05) is 13.3 Å². The van der Waals surface area contributed by atoms with Crippen LogP contribution < -0.4 is 0 Å². The van der Waals surface area contributed by atoms with Gasteiger partial charge in [-0.2, -0.15) is 0 Å². The van der Waals surface area contributed by atoms with Crippen molar-refractivity contribution in [1.82, 2.24) is 0 Å². The van der Waals surface area contributed by atoms with E-state index in [4.69, 9.17) is 0 Å². The molecule has 1 atom stereocenters. The average molecular weight is 228 g/mol. The monoisotopic (exact) mass is 228 g/mol. The van der Waals surface area contributed by atoms with E-state index in [1.165, 1.54) is 12.1 Å². The number of rotatable bonds is 5. The minimum atomic E-state index is -0.607. The van der Waals surface area contributed by atoms with Crippen molar-refractivity contribution in [2.45, 2.75) is 37.7 Å². The number of hydrogen-bond acceptors (Lipinski definition) is 2. The predicted octanol–water partition coefficient (Wildman–Crippen LogP) is 3.77. The summed E-state index contributed by atoms with van der Waals surface area (Å²) in [6, 6.07) is 4.61. The summed E-state index contributed by atoms with van der Waals surface area (Å²) < 4.78 is 13.0. The molecule has 0 unspecified atom stereocenters. The summed E-state index contributed by atoms with van der Waals surface area (Å²) in [4.78, 5) is 0.986. The van der Waals surface area contributed by atoms with Crippen molar-refractivity contribution in [3.05, 3.63) is 29.6 Å². The van der Waals surface area contributed by atoms with Crippen LogP contribution in [0.3, 0.4) is 0 Å². The molecular formula is C12H17FOS. The lowest BCUT2D eigenvalue weighted by atomic mass is 10.1. The number of halogens is 1. The lowest BCUT2D eigenvalue weighted by molar-refractivity contribution is 0.196. The minimum Gasteiger partial charge on any atom is -0.389 e. The summed E-state index contributed by atoms with van der Waals surface area (Å²) in [5.41, 5.74) is 0.691. The van der Waals surface area contributed by atoms with Crippen LogP contribution in [0.5, 0.6) is 0 Å². The largest absolute Gasteiger partial charge is 0.389 e. The van der Waals surface area contributed by atoms with Crippen LogP contribution >= 0.6 is 11.8 Å². The van der Waals surface area contributed by atoms with Crippen LogP contribution in [-0.4, -0.2) is 10.9 Å². The van der Waals surface area contributed by atoms with Gasteiger partial charge in [0.1, 0.15) is 5.82 Å². The van der Waals surface area contributed by atoms with Crippen molar-refractivity contribution < 1.29 is 9.50 Å². The van der Waals surface area contributed by atoms with E-state index in [1.807, 2.05) is 0 Å². The molecule has 0 radical (unpaired) electrons. The zero-order chi connectivity index (χ0) is 11.3. The van der Waals surface area contributed by atoms with Gasteiger partial charge in [0.25, 0.3) is 0 Å². The molecule has 1 rings (SSSR count). The van der Waals surface area contributed by atoms with Crippen molar-refractivity contribution in [2.75, 3.05) is 5.75 Å². The Bertz CT molecular complexity index is 312. The summed E-state index contributed by atoms with van der Waals surface area (Å²) in [5, 5.41) is 9.51.